The molecule has 1 atom stereocenters. The van der Waals surface area contributed by atoms with Gasteiger partial charge in [-0.2, -0.15) is 0 Å². The lowest BCUT2D eigenvalue weighted by Gasteiger charge is -2.08. The van der Waals surface area contributed by atoms with Gasteiger partial charge in [0.2, 0.25) is 11.0 Å². The molecule has 0 aliphatic carbocycles. The molecule has 0 radical (unpaired) electrons. The van der Waals surface area contributed by atoms with Gasteiger partial charge in [-0.3, -0.25) is 19.5 Å². The highest BCUT2D eigenvalue weighted by Gasteiger charge is 2.25. The number of nitrogens with one attached hydrogen (secondary N) is 1. The van der Waals surface area contributed by atoms with Crippen LogP contribution in [0.15, 0.2) is 19.2 Å². The highest BCUT2D eigenvalue weighted by Crippen LogP contribution is 2.34. The van der Waals surface area contributed by atoms with Crippen molar-refractivity contribution in [3.05, 3.63) is 16.0 Å². The lowest BCUT2D eigenvalue weighted by Crippen LogP contribution is -2.23. The van der Waals surface area contributed by atoms with Crippen LogP contribution >= 0.6 is 46.6 Å². The number of amides is 1. The molecule has 0 unspecified atom stereocenters. The molecule has 0 aromatic carbocycles. The Hall–Kier alpha value is -1.04. The molecule has 0 fully saturated rings. The first-order valence-electron chi connectivity index (χ1n) is 7.63. The molecular formula is C14H17N5O2S4. The fourth-order valence-electron chi connectivity index (χ4n) is 2.23. The minimum absolute atomic E-state index is 0.0346. The summed E-state index contributed by atoms with van der Waals surface area (Å²) in [7, 11) is 1.69. The van der Waals surface area contributed by atoms with Gasteiger partial charge in [-0.25, -0.2) is 4.98 Å². The van der Waals surface area contributed by atoms with Crippen molar-refractivity contribution in [1.29, 1.82) is 0 Å². The van der Waals surface area contributed by atoms with E-state index in [9.17, 15) is 9.59 Å². The van der Waals surface area contributed by atoms with Crippen molar-refractivity contribution in [3.63, 3.8) is 0 Å². The Morgan fingerprint density at radius 2 is 2.20 bits per heavy atom. The van der Waals surface area contributed by atoms with Crippen molar-refractivity contribution >= 4 is 57.7 Å². The Morgan fingerprint density at radius 1 is 1.40 bits per heavy atom. The van der Waals surface area contributed by atoms with E-state index in [1.165, 1.54) is 27.7 Å². The number of rotatable bonds is 6. The van der Waals surface area contributed by atoms with Crippen LogP contribution in [0.1, 0.15) is 19.5 Å². The maximum absolute atomic E-state index is 12.4. The third-order valence-corrected chi connectivity index (χ3v) is 7.43. The van der Waals surface area contributed by atoms with Gasteiger partial charge >= 0.3 is 0 Å². The van der Waals surface area contributed by atoms with Gasteiger partial charge in [0.15, 0.2) is 9.50 Å². The van der Waals surface area contributed by atoms with Gasteiger partial charge in [-0.05, 0) is 5.75 Å². The van der Waals surface area contributed by atoms with Crippen LogP contribution in [0, 0.1) is 0 Å². The summed E-state index contributed by atoms with van der Waals surface area (Å²) in [5.41, 5.74) is 0.807. The zero-order valence-electron chi connectivity index (χ0n) is 13.9. The minimum atomic E-state index is -0.188. The lowest BCUT2D eigenvalue weighted by atomic mass is 10.2. The molecule has 11 heteroatoms. The number of nitrogens with zero attached hydrogens (tertiary/aromatic N) is 4. The van der Waals surface area contributed by atoms with Crippen LogP contribution in [-0.4, -0.2) is 42.4 Å². The number of aromatic nitrogens is 4. The fraction of sp³-hybridized carbons (Fsp3) is 0.500. The molecule has 7 nitrogen and oxygen atoms in total. The second-order valence-electron chi connectivity index (χ2n) is 5.31. The molecule has 2 aromatic heterocycles. The van der Waals surface area contributed by atoms with E-state index in [0.29, 0.717) is 15.5 Å². The molecule has 134 valence electrons. The molecule has 0 spiro atoms. The minimum Gasteiger partial charge on any atom is -0.300 e. The highest BCUT2D eigenvalue weighted by atomic mass is 32.2. The number of anilines is 1. The van der Waals surface area contributed by atoms with Crippen LogP contribution in [0.2, 0.25) is 0 Å². The van der Waals surface area contributed by atoms with Gasteiger partial charge in [0, 0.05) is 18.7 Å². The smallest absolute Gasteiger partial charge is 0.267 e. The molecule has 1 aliphatic heterocycles. The summed E-state index contributed by atoms with van der Waals surface area (Å²) < 4.78 is 2.35. The van der Waals surface area contributed by atoms with Gasteiger partial charge in [0.1, 0.15) is 0 Å². The number of thioether (sulfide) groups is 3. The van der Waals surface area contributed by atoms with Crippen LogP contribution in [0.4, 0.5) is 5.13 Å². The number of carbonyl (C=O) groups excluding carboxylic acids is 1. The molecule has 2 aromatic rings. The van der Waals surface area contributed by atoms with Gasteiger partial charge in [-0.15, -0.1) is 22.0 Å². The molecule has 0 bridgehead atoms. The summed E-state index contributed by atoms with van der Waals surface area (Å²) in [6, 6.07) is 0. The van der Waals surface area contributed by atoms with E-state index in [1.807, 2.05) is 6.92 Å². The summed E-state index contributed by atoms with van der Waals surface area (Å²) in [4.78, 5) is 29.8. The van der Waals surface area contributed by atoms with Crippen molar-refractivity contribution in [3.8, 4) is 0 Å². The first-order valence-corrected chi connectivity index (χ1v) is 11.3. The largest absolute Gasteiger partial charge is 0.300 e. The lowest BCUT2D eigenvalue weighted by molar-refractivity contribution is -0.113. The van der Waals surface area contributed by atoms with E-state index in [1.54, 1.807) is 30.6 Å². The molecule has 3 rings (SSSR count). The summed E-state index contributed by atoms with van der Waals surface area (Å²) in [6.07, 6.45) is 0.790. The number of carbonyl (C=O) groups is 1. The maximum atomic E-state index is 12.4. The molecule has 1 aliphatic rings. The molecule has 3 heterocycles. The zero-order chi connectivity index (χ0) is 18.0. The Balaban J connectivity index is 1.63. The quantitative estimate of drug-likeness (QED) is 0.437. The van der Waals surface area contributed by atoms with E-state index in [-0.39, 0.29) is 17.2 Å². The molecule has 25 heavy (non-hydrogen) atoms. The van der Waals surface area contributed by atoms with Crippen molar-refractivity contribution in [2.45, 2.75) is 39.9 Å². The first-order chi connectivity index (χ1) is 12.0. The molecule has 0 saturated heterocycles. The topological polar surface area (TPSA) is 89.8 Å². The van der Waals surface area contributed by atoms with Crippen LogP contribution in [0.25, 0.3) is 0 Å². The van der Waals surface area contributed by atoms with Crippen molar-refractivity contribution in [1.82, 2.24) is 19.7 Å². The molecule has 1 amide bonds. The first kappa shape index (κ1) is 18.7. The van der Waals surface area contributed by atoms with Gasteiger partial charge in [0.25, 0.3) is 5.56 Å². The number of fused-ring (bicyclic) bond motifs is 1. The summed E-state index contributed by atoms with van der Waals surface area (Å²) in [5, 5.41) is 12.1. The monoisotopic (exact) mass is 415 g/mol. The normalized spacial score (nSPS) is 16.0. The highest BCUT2D eigenvalue weighted by molar-refractivity contribution is 8.01. The van der Waals surface area contributed by atoms with Crippen LogP contribution in [-0.2, 0) is 18.3 Å². The molecule has 1 N–H and O–H groups in total. The van der Waals surface area contributed by atoms with Crippen molar-refractivity contribution in [2.75, 3.05) is 16.8 Å². The SMILES string of the molecule is CCSc1nnc(NC(=O)CSc2nc3c(c(=O)n2C)S[C@@H](C)C3)s1. The van der Waals surface area contributed by atoms with Gasteiger partial charge in [0.05, 0.1) is 16.3 Å². The van der Waals surface area contributed by atoms with Crippen LogP contribution in [0.3, 0.4) is 0 Å². The third kappa shape index (κ3) is 4.39. The van der Waals surface area contributed by atoms with Gasteiger partial charge in [-0.1, -0.05) is 48.7 Å². The standard InChI is InChI=1S/C14H17N5O2S4/c1-4-22-14-18-17-12(25-14)16-9(20)6-23-13-15-8-5-7(2)24-10(8)11(21)19(13)3/h7H,4-6H2,1-3H3,(H,16,17,20)/t7-/m0/s1. The molecule has 0 saturated carbocycles. The second-order valence-corrected chi connectivity index (χ2v) is 10.2. The van der Waals surface area contributed by atoms with Gasteiger partial charge < -0.3 is 0 Å². The molecular weight excluding hydrogens is 398 g/mol. The van der Waals surface area contributed by atoms with E-state index in [4.69, 9.17) is 0 Å². The maximum Gasteiger partial charge on any atom is 0.267 e. The zero-order valence-corrected chi connectivity index (χ0v) is 17.2. The Morgan fingerprint density at radius 3 is 2.96 bits per heavy atom. The predicted octanol–water partition coefficient (Wildman–Crippen LogP) is 2.51. The average molecular weight is 416 g/mol. The number of hydrogen-bond acceptors (Lipinski definition) is 9. The second kappa shape index (κ2) is 8.11. The Bertz CT molecular complexity index is 850. The summed E-state index contributed by atoms with van der Waals surface area (Å²) >= 11 is 5.77. The van der Waals surface area contributed by atoms with E-state index in [0.717, 1.165) is 27.1 Å². The van der Waals surface area contributed by atoms with Crippen molar-refractivity contribution < 1.29 is 4.79 Å². The number of hydrogen-bond donors (Lipinski definition) is 1. The van der Waals surface area contributed by atoms with Crippen LogP contribution in [0.5, 0.6) is 0 Å². The van der Waals surface area contributed by atoms with E-state index < -0.39 is 0 Å². The van der Waals surface area contributed by atoms with E-state index in [2.05, 4.69) is 27.4 Å². The third-order valence-electron chi connectivity index (χ3n) is 3.33. The summed E-state index contributed by atoms with van der Waals surface area (Å²) in [5.74, 6) is 0.886. The Kier molecular flexibility index (Phi) is 6.08. The summed E-state index contributed by atoms with van der Waals surface area (Å²) in [6.45, 7) is 4.12. The predicted molar refractivity (Wildman–Crippen MR) is 104 cm³/mol. The van der Waals surface area contributed by atoms with Crippen LogP contribution < -0.4 is 10.9 Å². The average Bonchev–Trinajstić information content (AvgIpc) is 3.16. The fourth-order valence-corrected chi connectivity index (χ4v) is 5.83. The van der Waals surface area contributed by atoms with Crippen molar-refractivity contribution in [2.24, 2.45) is 7.05 Å². The Labute approximate surface area is 161 Å². The van der Waals surface area contributed by atoms with E-state index >= 15 is 0 Å².